The molecule has 1 rings (SSSR count). The van der Waals surface area contributed by atoms with Gasteiger partial charge in [-0.2, -0.15) is 0 Å². The normalized spacial score (nSPS) is 13.2. The van der Waals surface area contributed by atoms with Gasteiger partial charge in [-0.25, -0.2) is 0 Å². The summed E-state index contributed by atoms with van der Waals surface area (Å²) in [5, 5.41) is 3.49. The van der Waals surface area contributed by atoms with Crippen molar-refractivity contribution in [2.24, 2.45) is 0 Å². The van der Waals surface area contributed by atoms with Crippen molar-refractivity contribution in [1.29, 1.82) is 0 Å². The van der Waals surface area contributed by atoms with Crippen LogP contribution in [0.4, 0.5) is 0 Å². The lowest BCUT2D eigenvalue weighted by Crippen LogP contribution is -2.18. The molecular formula is C14H26N2O. The minimum Gasteiger partial charge on any atom is -0.377 e. The smallest absolute Gasteiger partial charge is 0.0648 e. The molecule has 98 valence electrons. The second-order valence-corrected chi connectivity index (χ2v) is 4.78. The van der Waals surface area contributed by atoms with Gasteiger partial charge >= 0.3 is 0 Å². The van der Waals surface area contributed by atoms with Crippen molar-refractivity contribution in [2.45, 2.75) is 52.8 Å². The molecule has 1 aromatic heterocycles. The van der Waals surface area contributed by atoms with E-state index in [4.69, 9.17) is 4.74 Å². The molecule has 1 heterocycles. The molecule has 17 heavy (non-hydrogen) atoms. The van der Waals surface area contributed by atoms with Crippen LogP contribution in [-0.4, -0.2) is 23.8 Å². The number of nitrogens with zero attached hydrogens (tertiary/aromatic N) is 1. The fraction of sp³-hybridized carbons (Fsp3) is 0.714. The van der Waals surface area contributed by atoms with Crippen LogP contribution in [0.25, 0.3) is 0 Å². The minimum atomic E-state index is 0.315. The molecule has 0 radical (unpaired) electrons. The highest BCUT2D eigenvalue weighted by atomic mass is 16.5. The van der Waals surface area contributed by atoms with Gasteiger partial charge in [0.05, 0.1) is 12.7 Å². The van der Waals surface area contributed by atoms with Gasteiger partial charge < -0.3 is 14.6 Å². The van der Waals surface area contributed by atoms with Gasteiger partial charge in [0.1, 0.15) is 0 Å². The summed E-state index contributed by atoms with van der Waals surface area (Å²) < 4.78 is 7.74. The first kappa shape index (κ1) is 14.3. The van der Waals surface area contributed by atoms with Gasteiger partial charge in [0, 0.05) is 25.0 Å². The van der Waals surface area contributed by atoms with Crippen molar-refractivity contribution < 1.29 is 4.74 Å². The molecule has 1 aromatic rings. The van der Waals surface area contributed by atoms with Crippen LogP contribution in [0.3, 0.4) is 0 Å². The highest BCUT2D eigenvalue weighted by molar-refractivity contribution is 5.14. The van der Waals surface area contributed by atoms with Gasteiger partial charge in [-0.15, -0.1) is 0 Å². The number of hydrogen-bond acceptors (Lipinski definition) is 2. The van der Waals surface area contributed by atoms with Gasteiger partial charge in [-0.1, -0.05) is 6.92 Å². The number of nitrogens with one attached hydrogen (secondary N) is 1. The second-order valence-electron chi connectivity index (χ2n) is 4.78. The predicted octanol–water partition coefficient (Wildman–Crippen LogP) is 2.97. The summed E-state index contributed by atoms with van der Waals surface area (Å²) in [6, 6.07) is 2.62. The molecule has 1 N–H and O–H groups in total. The maximum Gasteiger partial charge on any atom is 0.0648 e. The fourth-order valence-corrected chi connectivity index (χ4v) is 1.73. The van der Waals surface area contributed by atoms with E-state index >= 15 is 0 Å². The molecule has 0 aliphatic carbocycles. The SMILES string of the molecule is CCCNC(C)c1ccn(CCOC(C)C)c1. The van der Waals surface area contributed by atoms with Crippen molar-refractivity contribution in [3.63, 3.8) is 0 Å². The number of ether oxygens (including phenoxy) is 1. The third kappa shape index (κ3) is 5.37. The van der Waals surface area contributed by atoms with Gasteiger partial charge in [0.2, 0.25) is 0 Å². The lowest BCUT2D eigenvalue weighted by molar-refractivity contribution is 0.0728. The van der Waals surface area contributed by atoms with Gasteiger partial charge in [0.15, 0.2) is 0 Å². The van der Waals surface area contributed by atoms with E-state index in [1.165, 1.54) is 12.0 Å². The molecule has 0 spiro atoms. The third-order valence-electron chi connectivity index (χ3n) is 2.77. The maximum absolute atomic E-state index is 5.54. The molecule has 0 amide bonds. The zero-order valence-corrected chi connectivity index (χ0v) is 11.6. The average Bonchev–Trinajstić information content (AvgIpc) is 2.74. The fourth-order valence-electron chi connectivity index (χ4n) is 1.73. The number of aromatic nitrogens is 1. The maximum atomic E-state index is 5.54. The van der Waals surface area contributed by atoms with Crippen LogP contribution in [-0.2, 0) is 11.3 Å². The molecule has 0 fully saturated rings. The first-order valence-electron chi connectivity index (χ1n) is 6.64. The van der Waals surface area contributed by atoms with Crippen LogP contribution in [0.15, 0.2) is 18.5 Å². The molecule has 1 atom stereocenters. The van der Waals surface area contributed by atoms with E-state index in [9.17, 15) is 0 Å². The Kier molecular flexibility index (Phi) is 6.30. The van der Waals surface area contributed by atoms with Gasteiger partial charge in [0.25, 0.3) is 0 Å². The quantitative estimate of drug-likeness (QED) is 0.753. The first-order valence-corrected chi connectivity index (χ1v) is 6.64. The van der Waals surface area contributed by atoms with E-state index < -0.39 is 0 Å². The van der Waals surface area contributed by atoms with Crippen LogP contribution in [0.1, 0.15) is 45.7 Å². The molecule has 0 aromatic carbocycles. The molecule has 0 saturated carbocycles. The van der Waals surface area contributed by atoms with Crippen molar-refractivity contribution in [2.75, 3.05) is 13.2 Å². The summed E-state index contributed by atoms with van der Waals surface area (Å²) in [5.41, 5.74) is 1.35. The van der Waals surface area contributed by atoms with E-state index in [-0.39, 0.29) is 0 Å². The molecule has 1 unspecified atom stereocenters. The monoisotopic (exact) mass is 238 g/mol. The van der Waals surface area contributed by atoms with E-state index in [2.05, 4.69) is 56.0 Å². The molecule has 3 nitrogen and oxygen atoms in total. The van der Waals surface area contributed by atoms with Gasteiger partial charge in [-0.3, -0.25) is 0 Å². The van der Waals surface area contributed by atoms with Crippen LogP contribution >= 0.6 is 0 Å². The Labute approximate surface area is 105 Å². The molecule has 0 aliphatic rings. The largest absolute Gasteiger partial charge is 0.377 e. The Morgan fingerprint density at radius 3 is 2.76 bits per heavy atom. The lowest BCUT2D eigenvalue weighted by atomic mass is 10.2. The van der Waals surface area contributed by atoms with Crippen molar-refractivity contribution in [3.05, 3.63) is 24.0 Å². The second kappa shape index (κ2) is 7.51. The molecule has 0 aliphatic heterocycles. The zero-order chi connectivity index (χ0) is 12.7. The Morgan fingerprint density at radius 1 is 1.35 bits per heavy atom. The standard InChI is InChI=1S/C14H26N2O/c1-5-7-15-13(4)14-6-8-16(11-14)9-10-17-12(2)3/h6,8,11-13,15H,5,7,9-10H2,1-4H3. The van der Waals surface area contributed by atoms with Crippen LogP contribution in [0.2, 0.25) is 0 Å². The van der Waals surface area contributed by atoms with Crippen LogP contribution < -0.4 is 5.32 Å². The third-order valence-corrected chi connectivity index (χ3v) is 2.77. The summed E-state index contributed by atoms with van der Waals surface area (Å²) in [4.78, 5) is 0. The molecule has 0 saturated heterocycles. The van der Waals surface area contributed by atoms with Crippen molar-refractivity contribution in [3.8, 4) is 0 Å². The Morgan fingerprint density at radius 2 is 2.12 bits per heavy atom. The van der Waals surface area contributed by atoms with E-state index in [1.807, 2.05) is 0 Å². The van der Waals surface area contributed by atoms with E-state index in [0.29, 0.717) is 12.1 Å². The summed E-state index contributed by atoms with van der Waals surface area (Å²) in [6.07, 6.45) is 5.82. The van der Waals surface area contributed by atoms with Crippen LogP contribution in [0.5, 0.6) is 0 Å². The molecule has 0 bridgehead atoms. The lowest BCUT2D eigenvalue weighted by Gasteiger charge is -2.11. The summed E-state index contributed by atoms with van der Waals surface area (Å²) >= 11 is 0. The minimum absolute atomic E-state index is 0.315. The van der Waals surface area contributed by atoms with E-state index in [1.54, 1.807) is 0 Å². The van der Waals surface area contributed by atoms with Crippen molar-refractivity contribution >= 4 is 0 Å². The summed E-state index contributed by atoms with van der Waals surface area (Å²) in [6.45, 7) is 11.3. The zero-order valence-electron chi connectivity index (χ0n) is 11.6. The first-order chi connectivity index (χ1) is 8.13. The molecule has 3 heteroatoms. The average molecular weight is 238 g/mol. The summed E-state index contributed by atoms with van der Waals surface area (Å²) in [7, 11) is 0. The van der Waals surface area contributed by atoms with Crippen LogP contribution in [0, 0.1) is 0 Å². The Balaban J connectivity index is 2.36. The topological polar surface area (TPSA) is 26.2 Å². The Hall–Kier alpha value is -0.800. The Bertz CT molecular complexity index is 307. The highest BCUT2D eigenvalue weighted by Crippen LogP contribution is 2.12. The van der Waals surface area contributed by atoms with Crippen molar-refractivity contribution in [1.82, 2.24) is 9.88 Å². The molecular weight excluding hydrogens is 212 g/mol. The highest BCUT2D eigenvalue weighted by Gasteiger charge is 2.05. The van der Waals surface area contributed by atoms with E-state index in [0.717, 1.165) is 19.7 Å². The predicted molar refractivity (Wildman–Crippen MR) is 72.2 cm³/mol. The number of rotatable bonds is 8. The summed E-state index contributed by atoms with van der Waals surface area (Å²) in [5.74, 6) is 0. The number of hydrogen-bond donors (Lipinski definition) is 1. The van der Waals surface area contributed by atoms with Gasteiger partial charge in [-0.05, 0) is 45.4 Å².